The van der Waals surface area contributed by atoms with E-state index in [4.69, 9.17) is 11.6 Å². The zero-order valence-corrected chi connectivity index (χ0v) is 19.6. The number of amides is 1. The summed E-state index contributed by atoms with van der Waals surface area (Å²) in [4.78, 5) is 28.8. The van der Waals surface area contributed by atoms with Crippen LogP contribution in [0.4, 0.5) is 15.8 Å². The Labute approximate surface area is 193 Å². The van der Waals surface area contributed by atoms with E-state index in [1.165, 1.54) is 12.1 Å². The van der Waals surface area contributed by atoms with Crippen molar-refractivity contribution in [1.82, 2.24) is 0 Å². The molecule has 0 fully saturated rings. The summed E-state index contributed by atoms with van der Waals surface area (Å²) in [6, 6.07) is 11.0. The number of hydrogen-bond acceptors (Lipinski definition) is 3. The van der Waals surface area contributed by atoms with E-state index in [9.17, 15) is 9.59 Å². The third-order valence-corrected chi connectivity index (χ3v) is 6.36. The van der Waals surface area contributed by atoms with Gasteiger partial charge in [-0.2, -0.15) is 0 Å². The van der Waals surface area contributed by atoms with Crippen molar-refractivity contribution in [3.63, 3.8) is 0 Å². The molecule has 1 atom stereocenters. The highest BCUT2D eigenvalue weighted by atomic mass is 35.5. The van der Waals surface area contributed by atoms with E-state index in [1.807, 2.05) is 52.0 Å². The van der Waals surface area contributed by atoms with Crippen molar-refractivity contribution in [3.8, 4) is 0 Å². The van der Waals surface area contributed by atoms with Gasteiger partial charge < -0.3 is 5.32 Å². The van der Waals surface area contributed by atoms with Gasteiger partial charge in [0.1, 0.15) is 5.82 Å². The number of carbonyl (C=O) groups is 2. The Balaban J connectivity index is 2.05. The fourth-order valence-corrected chi connectivity index (χ4v) is 5.02. The summed E-state index contributed by atoms with van der Waals surface area (Å²) in [5, 5.41) is 3.62. The van der Waals surface area contributed by atoms with Gasteiger partial charge in [0.15, 0.2) is 5.78 Å². The molecule has 0 unspecified atom stereocenters. The van der Waals surface area contributed by atoms with Crippen LogP contribution in [-0.2, 0) is 9.59 Å². The van der Waals surface area contributed by atoms with Crippen LogP contribution in [-0.4, -0.2) is 11.7 Å². The van der Waals surface area contributed by atoms with Crippen LogP contribution in [0, 0.1) is 17.2 Å². The summed E-state index contributed by atoms with van der Waals surface area (Å²) in [6.45, 7) is 8.01. The molecule has 1 N–H and O–H groups in total. The van der Waals surface area contributed by atoms with Crippen molar-refractivity contribution in [2.24, 2.45) is 11.3 Å². The summed E-state index contributed by atoms with van der Waals surface area (Å²) in [7, 11) is 0. The quantitative estimate of drug-likeness (QED) is 0.563. The van der Waals surface area contributed by atoms with Crippen molar-refractivity contribution < 1.29 is 14.0 Å². The fraction of sp³-hybridized carbons (Fsp3) is 0.385. The molecule has 1 aliphatic heterocycles. The van der Waals surface area contributed by atoms with Crippen molar-refractivity contribution in [1.29, 1.82) is 0 Å². The number of fused-ring (bicyclic) bond motifs is 1. The normalized spacial score (nSPS) is 19.9. The standard InChI is InChI=1S/C26H28ClFN2O2/c1-15(2)12-22(32)30-20-11-6-5-10-18(20)29-19-13-26(3,4)14-21(31)24(19)25(30)23-16(27)8-7-9-17(23)28/h5-11,15,25,29H,12-14H2,1-4H3/t25-/m0/s1. The molecule has 0 aromatic heterocycles. The monoisotopic (exact) mass is 454 g/mol. The van der Waals surface area contributed by atoms with E-state index >= 15 is 4.39 Å². The van der Waals surface area contributed by atoms with E-state index in [1.54, 1.807) is 11.0 Å². The van der Waals surface area contributed by atoms with Crippen LogP contribution in [0.3, 0.4) is 0 Å². The van der Waals surface area contributed by atoms with E-state index in [0.29, 0.717) is 24.1 Å². The third kappa shape index (κ3) is 4.06. The first-order chi connectivity index (χ1) is 15.1. The molecule has 0 radical (unpaired) electrons. The second kappa shape index (κ2) is 8.36. The van der Waals surface area contributed by atoms with E-state index < -0.39 is 11.9 Å². The first kappa shape index (κ1) is 22.5. The molecule has 168 valence electrons. The Morgan fingerprint density at radius 3 is 2.59 bits per heavy atom. The number of benzene rings is 2. The Kier molecular flexibility index (Phi) is 5.89. The number of para-hydroxylation sites is 2. The number of ketones is 1. The van der Waals surface area contributed by atoms with Crippen molar-refractivity contribution in [2.75, 3.05) is 10.2 Å². The average Bonchev–Trinajstić information content (AvgIpc) is 2.80. The molecule has 6 heteroatoms. The molecule has 32 heavy (non-hydrogen) atoms. The molecule has 2 aromatic rings. The molecule has 0 saturated heterocycles. The minimum atomic E-state index is -0.940. The molecule has 1 aliphatic carbocycles. The Morgan fingerprint density at radius 2 is 1.91 bits per heavy atom. The maximum atomic E-state index is 15.3. The molecule has 2 aliphatic rings. The second-order valence-corrected chi connectivity index (χ2v) is 10.3. The van der Waals surface area contributed by atoms with Gasteiger partial charge in [-0.25, -0.2) is 4.39 Å². The highest BCUT2D eigenvalue weighted by molar-refractivity contribution is 6.31. The van der Waals surface area contributed by atoms with Gasteiger partial charge >= 0.3 is 0 Å². The van der Waals surface area contributed by atoms with Crippen LogP contribution in [0.2, 0.25) is 5.02 Å². The summed E-state index contributed by atoms with van der Waals surface area (Å²) >= 11 is 6.52. The topological polar surface area (TPSA) is 49.4 Å². The average molecular weight is 455 g/mol. The number of allylic oxidation sites excluding steroid dienone is 1. The van der Waals surface area contributed by atoms with E-state index in [-0.39, 0.29) is 40.0 Å². The minimum absolute atomic E-state index is 0.0942. The summed E-state index contributed by atoms with van der Waals surface area (Å²) in [6.07, 6.45) is 1.19. The van der Waals surface area contributed by atoms with Gasteiger partial charge in [-0.1, -0.05) is 57.5 Å². The van der Waals surface area contributed by atoms with Gasteiger partial charge in [-0.15, -0.1) is 0 Å². The number of anilines is 2. The number of nitrogens with one attached hydrogen (secondary N) is 1. The lowest BCUT2D eigenvalue weighted by Crippen LogP contribution is -2.40. The number of halogens is 2. The Morgan fingerprint density at radius 1 is 1.19 bits per heavy atom. The predicted molar refractivity (Wildman–Crippen MR) is 126 cm³/mol. The number of rotatable bonds is 3. The largest absolute Gasteiger partial charge is 0.357 e. The molecule has 1 heterocycles. The molecule has 0 spiro atoms. The SMILES string of the molecule is CC(C)CC(=O)N1c2ccccc2NC2=C(C(=O)CC(C)(C)C2)[C@@H]1c1c(F)cccc1Cl. The predicted octanol–water partition coefficient (Wildman–Crippen LogP) is 6.67. The zero-order chi connectivity index (χ0) is 23.2. The van der Waals surface area contributed by atoms with Gasteiger partial charge in [0, 0.05) is 34.7 Å². The Hall–Kier alpha value is -2.66. The van der Waals surface area contributed by atoms with Gasteiger partial charge in [0.25, 0.3) is 0 Å². The minimum Gasteiger partial charge on any atom is -0.357 e. The summed E-state index contributed by atoms with van der Waals surface area (Å²) in [5.41, 5.74) is 2.39. The first-order valence-corrected chi connectivity index (χ1v) is 11.3. The van der Waals surface area contributed by atoms with Gasteiger partial charge in [-0.05, 0) is 42.0 Å². The molecule has 4 rings (SSSR count). The second-order valence-electron chi connectivity index (χ2n) is 9.87. The van der Waals surface area contributed by atoms with E-state index in [2.05, 4.69) is 5.32 Å². The number of nitrogens with zero attached hydrogens (tertiary/aromatic N) is 1. The maximum Gasteiger partial charge on any atom is 0.228 e. The third-order valence-electron chi connectivity index (χ3n) is 6.03. The van der Waals surface area contributed by atoms with Crippen LogP contribution in [0.5, 0.6) is 0 Å². The van der Waals surface area contributed by atoms with Crippen LogP contribution in [0.25, 0.3) is 0 Å². The summed E-state index contributed by atoms with van der Waals surface area (Å²) < 4.78 is 15.3. The van der Waals surface area contributed by atoms with Crippen LogP contribution >= 0.6 is 11.6 Å². The summed E-state index contributed by atoms with van der Waals surface area (Å²) in [5.74, 6) is -0.709. The van der Waals surface area contributed by atoms with Crippen molar-refractivity contribution in [3.05, 3.63) is 70.1 Å². The number of hydrogen-bond donors (Lipinski definition) is 1. The number of carbonyl (C=O) groups excluding carboxylic acids is 2. The molecule has 4 nitrogen and oxygen atoms in total. The van der Waals surface area contributed by atoms with E-state index in [0.717, 1.165) is 11.4 Å². The lowest BCUT2D eigenvalue weighted by Gasteiger charge is -2.37. The lowest BCUT2D eigenvalue weighted by atomic mass is 9.73. The highest BCUT2D eigenvalue weighted by Crippen LogP contribution is 2.50. The van der Waals surface area contributed by atoms with Crippen molar-refractivity contribution in [2.45, 2.75) is 53.0 Å². The van der Waals surface area contributed by atoms with Crippen LogP contribution < -0.4 is 10.2 Å². The first-order valence-electron chi connectivity index (χ1n) is 11.0. The zero-order valence-electron chi connectivity index (χ0n) is 18.8. The Bertz CT molecular complexity index is 1100. The van der Waals surface area contributed by atoms with Gasteiger partial charge in [0.05, 0.1) is 17.4 Å². The highest BCUT2D eigenvalue weighted by Gasteiger charge is 2.44. The smallest absolute Gasteiger partial charge is 0.228 e. The molecule has 0 bridgehead atoms. The van der Waals surface area contributed by atoms with Gasteiger partial charge in [-0.3, -0.25) is 14.5 Å². The van der Waals surface area contributed by atoms with Crippen LogP contribution in [0.15, 0.2) is 53.7 Å². The lowest BCUT2D eigenvalue weighted by molar-refractivity contribution is -0.120. The molecule has 1 amide bonds. The fourth-order valence-electron chi connectivity index (χ4n) is 4.75. The maximum absolute atomic E-state index is 15.3. The van der Waals surface area contributed by atoms with Crippen molar-refractivity contribution >= 4 is 34.7 Å². The molecule has 2 aromatic carbocycles. The molecular formula is C26H28ClFN2O2. The van der Waals surface area contributed by atoms with Gasteiger partial charge in [0.2, 0.25) is 5.91 Å². The van der Waals surface area contributed by atoms with Crippen LogP contribution in [0.1, 0.15) is 58.6 Å². The molecule has 0 saturated carbocycles. The number of Topliss-reactive ketones (excluding diaryl/α,β-unsaturated/α-hetero) is 1. The molecular weight excluding hydrogens is 427 g/mol.